The van der Waals surface area contributed by atoms with Gasteiger partial charge < -0.3 is 9.47 Å². The van der Waals surface area contributed by atoms with Crippen LogP contribution in [0.3, 0.4) is 0 Å². The summed E-state index contributed by atoms with van der Waals surface area (Å²) in [7, 11) is 0. The Morgan fingerprint density at radius 2 is 1.25 bits per heavy atom. The molecule has 118 valence electrons. The van der Waals surface area contributed by atoms with Crippen LogP contribution in [-0.2, 0) is 26.0 Å². The number of ether oxygens (including phenoxy) is 2. The van der Waals surface area contributed by atoms with Crippen LogP contribution in [0.15, 0.2) is 9.98 Å². The SMILES string of the molecule is CC(C)C1COC(C(C)(C)C2=NC(C(C)C)CO2)=N1.[Ni]. The summed E-state index contributed by atoms with van der Waals surface area (Å²) in [5, 5.41) is 0. The van der Waals surface area contributed by atoms with E-state index in [1.807, 2.05) is 0 Å². The number of aliphatic imine (C=N–C) groups is 2. The minimum absolute atomic E-state index is 0. The van der Waals surface area contributed by atoms with Crippen LogP contribution in [0, 0.1) is 17.3 Å². The molecule has 0 spiro atoms. The van der Waals surface area contributed by atoms with Crippen LogP contribution in [0.1, 0.15) is 41.5 Å². The molecule has 0 bridgehead atoms. The number of hydrogen-bond donors (Lipinski definition) is 0. The molecule has 5 heteroatoms. The van der Waals surface area contributed by atoms with E-state index in [0.717, 1.165) is 11.8 Å². The number of hydrogen-bond acceptors (Lipinski definition) is 4. The standard InChI is InChI=1S/C15H26N2O2.Ni/c1-9(2)11-7-18-13(16-11)15(5,6)14-17-12(8-19-14)10(3)4;/h9-12H,7-8H2,1-6H3;. The van der Waals surface area contributed by atoms with E-state index in [4.69, 9.17) is 19.5 Å². The Morgan fingerprint density at radius 3 is 1.50 bits per heavy atom. The van der Waals surface area contributed by atoms with Gasteiger partial charge in [-0.3, -0.25) is 0 Å². The predicted molar refractivity (Wildman–Crippen MR) is 77.8 cm³/mol. The second-order valence-corrected chi connectivity index (χ2v) is 6.74. The first-order chi connectivity index (χ1) is 8.82. The minimum atomic E-state index is -0.354. The van der Waals surface area contributed by atoms with Crippen molar-refractivity contribution in [1.29, 1.82) is 0 Å². The van der Waals surface area contributed by atoms with Gasteiger partial charge in [-0.25, -0.2) is 9.98 Å². The van der Waals surface area contributed by atoms with Crippen molar-refractivity contribution in [3.63, 3.8) is 0 Å². The zero-order valence-electron chi connectivity index (χ0n) is 13.3. The average molecular weight is 325 g/mol. The minimum Gasteiger partial charge on any atom is -0.478 e. The summed E-state index contributed by atoms with van der Waals surface area (Å²) in [4.78, 5) is 9.41. The van der Waals surface area contributed by atoms with E-state index in [-0.39, 0.29) is 34.0 Å². The molecular weight excluding hydrogens is 299 g/mol. The van der Waals surface area contributed by atoms with Crippen LogP contribution in [0.25, 0.3) is 0 Å². The molecule has 20 heavy (non-hydrogen) atoms. The summed E-state index contributed by atoms with van der Waals surface area (Å²) in [6.45, 7) is 14.2. The molecule has 0 radical (unpaired) electrons. The Kier molecular flexibility index (Phi) is 5.65. The molecule has 0 amide bonds. The van der Waals surface area contributed by atoms with Crippen molar-refractivity contribution in [3.05, 3.63) is 0 Å². The summed E-state index contributed by atoms with van der Waals surface area (Å²) >= 11 is 0. The average Bonchev–Trinajstić information content (AvgIpc) is 2.99. The molecule has 0 saturated heterocycles. The van der Waals surface area contributed by atoms with Gasteiger partial charge in [0, 0.05) is 16.5 Å². The van der Waals surface area contributed by atoms with Crippen molar-refractivity contribution < 1.29 is 26.0 Å². The molecule has 0 saturated carbocycles. The number of nitrogens with zero attached hydrogens (tertiary/aromatic N) is 2. The molecule has 0 aromatic carbocycles. The number of rotatable bonds is 4. The van der Waals surface area contributed by atoms with Gasteiger partial charge in [-0.1, -0.05) is 27.7 Å². The fraction of sp³-hybridized carbons (Fsp3) is 0.867. The summed E-state index contributed by atoms with van der Waals surface area (Å²) in [6.07, 6.45) is 0. The Morgan fingerprint density at radius 1 is 0.900 bits per heavy atom. The molecule has 2 atom stereocenters. The third kappa shape index (κ3) is 3.36. The predicted octanol–water partition coefficient (Wildman–Crippen LogP) is 2.92. The van der Waals surface area contributed by atoms with Crippen molar-refractivity contribution in [3.8, 4) is 0 Å². The first-order valence-corrected chi connectivity index (χ1v) is 7.24. The quantitative estimate of drug-likeness (QED) is 0.746. The van der Waals surface area contributed by atoms with E-state index in [2.05, 4.69) is 41.5 Å². The van der Waals surface area contributed by atoms with Gasteiger partial charge in [0.1, 0.15) is 18.6 Å². The van der Waals surface area contributed by atoms with Crippen LogP contribution >= 0.6 is 0 Å². The van der Waals surface area contributed by atoms with Crippen LogP contribution in [0.2, 0.25) is 0 Å². The summed E-state index contributed by atoms with van der Waals surface area (Å²) in [5.74, 6) is 2.55. The Bertz CT molecular complexity index is 367. The molecule has 0 aliphatic carbocycles. The van der Waals surface area contributed by atoms with E-state index in [1.165, 1.54) is 0 Å². The van der Waals surface area contributed by atoms with E-state index in [9.17, 15) is 0 Å². The van der Waals surface area contributed by atoms with Gasteiger partial charge >= 0.3 is 0 Å². The molecule has 2 unspecified atom stereocenters. The molecule has 2 aliphatic rings. The molecule has 0 fully saturated rings. The Balaban J connectivity index is 0.00000200. The van der Waals surface area contributed by atoms with Gasteiger partial charge in [0.2, 0.25) is 0 Å². The fourth-order valence-corrected chi connectivity index (χ4v) is 2.24. The second-order valence-electron chi connectivity index (χ2n) is 6.74. The third-order valence-electron chi connectivity index (χ3n) is 3.96. The molecule has 4 nitrogen and oxygen atoms in total. The van der Waals surface area contributed by atoms with Crippen LogP contribution in [0.5, 0.6) is 0 Å². The second kappa shape index (κ2) is 6.47. The molecule has 2 aliphatic heterocycles. The molecule has 0 N–H and O–H groups in total. The third-order valence-corrected chi connectivity index (χ3v) is 3.96. The van der Waals surface area contributed by atoms with Crippen molar-refractivity contribution >= 4 is 11.8 Å². The zero-order chi connectivity index (χ0) is 14.2. The van der Waals surface area contributed by atoms with E-state index in [1.54, 1.807) is 0 Å². The fourth-order valence-electron chi connectivity index (χ4n) is 2.24. The van der Waals surface area contributed by atoms with E-state index in [0.29, 0.717) is 25.0 Å². The van der Waals surface area contributed by atoms with Crippen LogP contribution < -0.4 is 0 Å². The summed E-state index contributed by atoms with van der Waals surface area (Å²) < 4.78 is 11.6. The molecule has 0 aromatic heterocycles. The first-order valence-electron chi connectivity index (χ1n) is 7.24. The van der Waals surface area contributed by atoms with Gasteiger partial charge in [-0.15, -0.1) is 0 Å². The Hall–Kier alpha value is -0.566. The maximum absolute atomic E-state index is 5.79. The molecule has 2 heterocycles. The normalized spacial score (nSPS) is 26.0. The van der Waals surface area contributed by atoms with E-state index < -0.39 is 0 Å². The van der Waals surface area contributed by atoms with Crippen LogP contribution in [-0.4, -0.2) is 37.1 Å². The van der Waals surface area contributed by atoms with Crippen LogP contribution in [0.4, 0.5) is 0 Å². The Labute approximate surface area is 132 Å². The summed E-state index contributed by atoms with van der Waals surface area (Å²) in [6, 6.07) is 0.523. The van der Waals surface area contributed by atoms with Crippen molar-refractivity contribution in [2.24, 2.45) is 27.2 Å². The topological polar surface area (TPSA) is 43.2 Å². The van der Waals surface area contributed by atoms with Gasteiger partial charge in [-0.2, -0.15) is 0 Å². The van der Waals surface area contributed by atoms with Crippen molar-refractivity contribution in [1.82, 2.24) is 0 Å². The molecular formula is C15H26N2NiO2. The molecule has 0 aromatic rings. The van der Waals surface area contributed by atoms with Crippen molar-refractivity contribution in [2.75, 3.05) is 13.2 Å². The summed E-state index contributed by atoms with van der Waals surface area (Å²) in [5.41, 5.74) is -0.354. The smallest absolute Gasteiger partial charge is 0.199 e. The van der Waals surface area contributed by atoms with Gasteiger partial charge in [0.25, 0.3) is 0 Å². The monoisotopic (exact) mass is 324 g/mol. The largest absolute Gasteiger partial charge is 0.478 e. The maximum Gasteiger partial charge on any atom is 0.199 e. The first kappa shape index (κ1) is 17.5. The van der Waals surface area contributed by atoms with Gasteiger partial charge in [0.15, 0.2) is 11.8 Å². The zero-order valence-corrected chi connectivity index (χ0v) is 14.2. The maximum atomic E-state index is 5.79. The van der Waals surface area contributed by atoms with Gasteiger partial charge in [-0.05, 0) is 25.7 Å². The van der Waals surface area contributed by atoms with Gasteiger partial charge in [0.05, 0.1) is 12.1 Å². The van der Waals surface area contributed by atoms with Crippen molar-refractivity contribution in [2.45, 2.75) is 53.6 Å². The van der Waals surface area contributed by atoms with E-state index >= 15 is 0 Å². The molecule has 2 rings (SSSR count).